The molecule has 0 radical (unpaired) electrons. The number of rotatable bonds is 2. The van der Waals surface area contributed by atoms with Gasteiger partial charge in [-0.05, 0) is 29.5 Å². The lowest BCUT2D eigenvalue weighted by atomic mass is 10.2. The van der Waals surface area contributed by atoms with Gasteiger partial charge in [0, 0.05) is 20.9 Å². The van der Waals surface area contributed by atoms with Crippen LogP contribution in [0.15, 0.2) is 6.20 Å². The molecule has 0 saturated carbocycles. The lowest BCUT2D eigenvalue weighted by Gasteiger charge is -2.12. The number of ether oxygens (including phenoxy) is 1. The minimum atomic E-state index is -4.81. The summed E-state index contributed by atoms with van der Waals surface area (Å²) in [6, 6.07) is 0. The fourth-order valence-electron chi connectivity index (χ4n) is 0.975. The van der Waals surface area contributed by atoms with Gasteiger partial charge in [-0.1, -0.05) is 0 Å². The third-order valence-electron chi connectivity index (χ3n) is 1.70. The van der Waals surface area contributed by atoms with Crippen LogP contribution in [0.5, 0.6) is 5.88 Å². The molecule has 2 nitrogen and oxygen atoms in total. The van der Waals surface area contributed by atoms with Crippen molar-refractivity contribution in [2.45, 2.75) is 20.0 Å². The molecule has 0 spiro atoms. The number of halogens is 5. The van der Waals surface area contributed by atoms with Gasteiger partial charge in [-0.25, -0.2) is 9.37 Å². The van der Waals surface area contributed by atoms with Crippen LogP contribution in [0.3, 0.4) is 0 Å². The van der Waals surface area contributed by atoms with Crippen LogP contribution in [0.4, 0.5) is 17.6 Å². The predicted octanol–water partition coefficient (Wildman–Crippen LogP) is 3.36. The van der Waals surface area contributed by atoms with E-state index in [-0.39, 0.29) is 11.1 Å². The number of nitrogens with zero attached hydrogens (tertiary/aromatic N) is 1. The summed E-state index contributed by atoms with van der Waals surface area (Å²) >= 11 is 1.80. The van der Waals surface area contributed by atoms with Gasteiger partial charge in [0.05, 0.1) is 0 Å². The maximum atomic E-state index is 12.5. The first-order valence-electron chi connectivity index (χ1n) is 3.81. The Hall–Kier alpha value is -0.600. The maximum absolute atomic E-state index is 12.5. The molecule has 0 aromatic carbocycles. The molecule has 0 N–H and O–H groups in total. The minimum Gasteiger partial charge on any atom is -0.388 e. The van der Waals surface area contributed by atoms with Crippen LogP contribution in [-0.2, 0) is 6.67 Å². The molecule has 0 bridgehead atoms. The Morgan fingerprint density at radius 2 is 2.07 bits per heavy atom. The molecule has 0 unspecified atom stereocenters. The number of alkyl halides is 4. The van der Waals surface area contributed by atoms with Gasteiger partial charge in [0.15, 0.2) is 0 Å². The molecule has 0 saturated heterocycles. The van der Waals surface area contributed by atoms with Crippen molar-refractivity contribution in [2.24, 2.45) is 0 Å². The van der Waals surface area contributed by atoms with Crippen molar-refractivity contribution < 1.29 is 22.3 Å². The number of pyridine rings is 1. The van der Waals surface area contributed by atoms with Gasteiger partial charge in [0.2, 0.25) is 5.88 Å². The Morgan fingerprint density at radius 1 is 1.47 bits per heavy atom. The van der Waals surface area contributed by atoms with Gasteiger partial charge in [-0.15, -0.1) is 13.2 Å². The van der Waals surface area contributed by atoms with Crippen molar-refractivity contribution in [2.75, 3.05) is 0 Å². The molecule has 1 aromatic heterocycles. The summed E-state index contributed by atoms with van der Waals surface area (Å²) in [7, 11) is 0. The molecule has 0 atom stereocenters. The van der Waals surface area contributed by atoms with E-state index in [1.165, 1.54) is 6.92 Å². The van der Waals surface area contributed by atoms with Gasteiger partial charge in [0.1, 0.15) is 6.67 Å². The molecule has 7 heteroatoms. The molecule has 0 aliphatic heterocycles. The van der Waals surface area contributed by atoms with E-state index < -0.39 is 18.9 Å². The van der Waals surface area contributed by atoms with Gasteiger partial charge in [-0.3, -0.25) is 0 Å². The third-order valence-corrected chi connectivity index (χ3v) is 2.63. The van der Waals surface area contributed by atoms with Crippen molar-refractivity contribution in [1.82, 2.24) is 4.98 Å². The smallest absolute Gasteiger partial charge is 0.388 e. The van der Waals surface area contributed by atoms with Crippen LogP contribution in [0.25, 0.3) is 0 Å². The Labute approximate surface area is 96.8 Å². The number of aromatic nitrogens is 1. The molecular weight excluding hydrogens is 329 g/mol. The van der Waals surface area contributed by atoms with Crippen LogP contribution < -0.4 is 4.74 Å². The first-order chi connectivity index (χ1) is 6.85. The van der Waals surface area contributed by atoms with Crippen molar-refractivity contribution in [1.29, 1.82) is 0 Å². The summed E-state index contributed by atoms with van der Waals surface area (Å²) in [6.07, 6.45) is -3.67. The standard InChI is InChI=1S/C8H6F4INO/c1-4-5(2-9)6(13)3-14-7(4)15-8(10,11)12/h3H,2H2,1H3. The summed E-state index contributed by atoms with van der Waals surface area (Å²) in [6.45, 7) is 0.492. The normalized spacial score (nSPS) is 11.6. The predicted molar refractivity (Wildman–Crippen MR) is 53.2 cm³/mol. The highest BCUT2D eigenvalue weighted by Gasteiger charge is 2.33. The molecule has 1 heterocycles. The van der Waals surface area contributed by atoms with E-state index in [1.807, 2.05) is 0 Å². The van der Waals surface area contributed by atoms with Crippen molar-refractivity contribution in [3.63, 3.8) is 0 Å². The van der Waals surface area contributed by atoms with Crippen molar-refractivity contribution >= 4 is 22.6 Å². The van der Waals surface area contributed by atoms with Crippen molar-refractivity contribution in [3.8, 4) is 5.88 Å². The zero-order chi connectivity index (χ0) is 11.6. The molecule has 0 aliphatic carbocycles. The summed E-state index contributed by atoms with van der Waals surface area (Å²) in [5.41, 5.74) is 0.242. The van der Waals surface area contributed by atoms with E-state index in [0.29, 0.717) is 3.57 Å². The number of hydrogen-bond donors (Lipinski definition) is 0. The van der Waals surface area contributed by atoms with Gasteiger partial charge < -0.3 is 4.74 Å². The minimum absolute atomic E-state index is 0.0710. The Bertz CT molecular complexity index is 366. The molecule has 0 fully saturated rings. The zero-order valence-electron chi connectivity index (χ0n) is 7.53. The fourth-order valence-corrected chi connectivity index (χ4v) is 1.66. The largest absolute Gasteiger partial charge is 0.574 e. The lowest BCUT2D eigenvalue weighted by Crippen LogP contribution is -2.19. The molecule has 0 aliphatic rings. The van der Waals surface area contributed by atoms with E-state index >= 15 is 0 Å². The second kappa shape index (κ2) is 4.50. The quantitative estimate of drug-likeness (QED) is 0.611. The summed E-state index contributed by atoms with van der Waals surface area (Å²) in [5, 5.41) is 0. The monoisotopic (exact) mass is 335 g/mol. The van der Waals surface area contributed by atoms with Gasteiger partial charge in [0.25, 0.3) is 0 Å². The summed E-state index contributed by atoms with van der Waals surface area (Å²) in [4.78, 5) is 3.46. The van der Waals surface area contributed by atoms with E-state index in [4.69, 9.17) is 0 Å². The summed E-state index contributed by atoms with van der Waals surface area (Å²) in [5.74, 6) is -0.601. The molecule has 84 valence electrons. The van der Waals surface area contributed by atoms with E-state index in [1.54, 1.807) is 22.6 Å². The van der Waals surface area contributed by atoms with E-state index in [0.717, 1.165) is 6.20 Å². The highest BCUT2D eigenvalue weighted by Crippen LogP contribution is 2.28. The first-order valence-corrected chi connectivity index (χ1v) is 4.88. The zero-order valence-corrected chi connectivity index (χ0v) is 9.69. The van der Waals surface area contributed by atoms with Crippen LogP contribution in [-0.4, -0.2) is 11.3 Å². The second-order valence-corrected chi connectivity index (χ2v) is 3.86. The highest BCUT2D eigenvalue weighted by molar-refractivity contribution is 14.1. The number of hydrogen-bond acceptors (Lipinski definition) is 2. The van der Waals surface area contributed by atoms with E-state index in [2.05, 4.69) is 9.72 Å². The fraction of sp³-hybridized carbons (Fsp3) is 0.375. The SMILES string of the molecule is Cc1c(OC(F)(F)F)ncc(I)c1CF. The Kier molecular flexibility index (Phi) is 3.74. The topological polar surface area (TPSA) is 22.1 Å². The maximum Gasteiger partial charge on any atom is 0.574 e. The van der Waals surface area contributed by atoms with Crippen LogP contribution in [0.1, 0.15) is 11.1 Å². The van der Waals surface area contributed by atoms with Crippen LogP contribution >= 0.6 is 22.6 Å². The molecule has 15 heavy (non-hydrogen) atoms. The molecule has 1 rings (SSSR count). The van der Waals surface area contributed by atoms with Crippen molar-refractivity contribution in [3.05, 3.63) is 20.9 Å². The van der Waals surface area contributed by atoms with E-state index in [9.17, 15) is 17.6 Å². The van der Waals surface area contributed by atoms with Gasteiger partial charge in [-0.2, -0.15) is 0 Å². The van der Waals surface area contributed by atoms with Gasteiger partial charge >= 0.3 is 6.36 Å². The molecule has 0 amide bonds. The third kappa shape index (κ3) is 3.18. The second-order valence-electron chi connectivity index (χ2n) is 2.70. The first kappa shape index (κ1) is 12.5. The average Bonchev–Trinajstić information content (AvgIpc) is 2.09. The molecular formula is C8H6F4INO. The Balaban J connectivity index is 3.11. The lowest BCUT2D eigenvalue weighted by molar-refractivity contribution is -0.276. The average molecular weight is 335 g/mol. The summed E-state index contributed by atoms with van der Waals surface area (Å²) < 4.78 is 52.3. The Morgan fingerprint density at radius 3 is 2.53 bits per heavy atom. The van der Waals surface area contributed by atoms with Crippen LogP contribution in [0.2, 0.25) is 0 Å². The highest BCUT2D eigenvalue weighted by atomic mass is 127. The molecule has 1 aromatic rings. The van der Waals surface area contributed by atoms with Crippen LogP contribution in [0, 0.1) is 10.5 Å².